The van der Waals surface area contributed by atoms with Gasteiger partial charge < -0.3 is 0 Å². The maximum atomic E-state index is 12.4. The molecule has 3 rings (SSSR count). The molecule has 160 valence electrons. The van der Waals surface area contributed by atoms with Crippen LogP contribution < -0.4 is 7.91 Å². The second-order valence-corrected chi connectivity index (χ2v) is 9.31. The molecule has 0 unspecified atom stereocenters. The summed E-state index contributed by atoms with van der Waals surface area (Å²) in [5, 5.41) is 0. The molecule has 0 nitrogen and oxygen atoms in total. The van der Waals surface area contributed by atoms with Gasteiger partial charge in [0.1, 0.15) is 0 Å². The molecule has 0 N–H and O–H groups in total. The van der Waals surface area contributed by atoms with Crippen molar-refractivity contribution in [3.8, 4) is 0 Å². The van der Waals surface area contributed by atoms with Crippen LogP contribution in [0.1, 0.15) is 36.8 Å². The molecule has 1 aliphatic rings. The van der Waals surface area contributed by atoms with Crippen LogP contribution in [0.3, 0.4) is 0 Å². The van der Waals surface area contributed by atoms with E-state index in [9.17, 15) is 26.3 Å². The van der Waals surface area contributed by atoms with E-state index in [1.54, 1.807) is 0 Å². The summed E-state index contributed by atoms with van der Waals surface area (Å²) in [6.45, 7) is 0. The van der Waals surface area contributed by atoms with Crippen LogP contribution in [0.2, 0.25) is 0 Å². The summed E-state index contributed by atoms with van der Waals surface area (Å²) in [6.07, 6.45) is 5.23. The Morgan fingerprint density at radius 1 is 0.483 bits per heavy atom. The zero-order valence-corrected chi connectivity index (χ0v) is 17.6. The van der Waals surface area contributed by atoms with Crippen LogP contribution in [0.4, 0.5) is 26.3 Å². The van der Waals surface area contributed by atoms with Crippen molar-refractivity contribution in [3.05, 3.63) is 84.0 Å². The molecular formula is C22H20F6Pt. The van der Waals surface area contributed by atoms with E-state index >= 15 is 0 Å². The van der Waals surface area contributed by atoms with E-state index in [0.29, 0.717) is 7.91 Å². The summed E-state index contributed by atoms with van der Waals surface area (Å²) in [4.78, 5) is 0. The first kappa shape index (κ1) is 23.5. The van der Waals surface area contributed by atoms with Gasteiger partial charge in [0.15, 0.2) is 0 Å². The SMILES string of the molecule is C1=CCCC=CCC1.FC(F)(F)c1cc[c]([Pt][c]2ccc(C(F)(F)F)cc2)cc1. The summed E-state index contributed by atoms with van der Waals surface area (Å²) < 4.78 is 75.9. The van der Waals surface area contributed by atoms with Gasteiger partial charge in [0.25, 0.3) is 0 Å². The number of rotatable bonds is 2. The van der Waals surface area contributed by atoms with E-state index in [0.717, 1.165) is 24.3 Å². The second-order valence-electron chi connectivity index (χ2n) is 6.11. The molecule has 0 aromatic heterocycles. The van der Waals surface area contributed by atoms with Crippen molar-refractivity contribution >= 4 is 7.91 Å². The predicted octanol–water partition coefficient (Wildman–Crippen LogP) is 6.43. The minimum atomic E-state index is -4.38. The molecule has 0 fully saturated rings. The molecule has 2 aromatic carbocycles. The quantitative estimate of drug-likeness (QED) is 0.278. The van der Waals surface area contributed by atoms with E-state index in [1.807, 2.05) is 0 Å². The summed E-state index contributed by atoms with van der Waals surface area (Å²) in [5.41, 5.74) is -1.47. The molecule has 2 aromatic rings. The number of allylic oxidation sites excluding steroid dienone is 4. The normalized spacial score (nSPS) is 14.7. The molecular weight excluding hydrogens is 573 g/mol. The summed E-state index contributed by atoms with van der Waals surface area (Å²) >= 11 is -0.816. The zero-order chi connectivity index (χ0) is 21.3. The Morgan fingerprint density at radius 2 is 0.759 bits per heavy atom. The van der Waals surface area contributed by atoms with Crippen LogP contribution in [-0.4, -0.2) is 0 Å². The Kier molecular flexibility index (Phi) is 8.75. The van der Waals surface area contributed by atoms with Crippen molar-refractivity contribution in [2.75, 3.05) is 0 Å². The van der Waals surface area contributed by atoms with Gasteiger partial charge in [-0.05, 0) is 25.7 Å². The van der Waals surface area contributed by atoms with Crippen LogP contribution >= 0.6 is 0 Å². The third-order valence-electron chi connectivity index (χ3n) is 3.82. The number of halogens is 6. The first-order valence-corrected chi connectivity index (χ1v) is 11.2. The number of hydrogen-bond acceptors (Lipinski definition) is 0. The molecule has 0 atom stereocenters. The van der Waals surface area contributed by atoms with Gasteiger partial charge in [0, 0.05) is 0 Å². The standard InChI is InChI=1S/C8H12.2C7H4F3.Pt/c1-2-4-6-8-7-5-3-1;2*8-7(9,10)6-4-2-1-3-5-6;/h1-2,7-8H,3-6H2;2*2-5H;. The van der Waals surface area contributed by atoms with Gasteiger partial charge in [-0.3, -0.25) is 0 Å². The molecule has 7 heteroatoms. The first-order chi connectivity index (χ1) is 13.7. The van der Waals surface area contributed by atoms with Gasteiger partial charge in [-0.1, -0.05) is 24.3 Å². The van der Waals surface area contributed by atoms with E-state index in [1.165, 1.54) is 49.9 Å². The van der Waals surface area contributed by atoms with Crippen molar-refractivity contribution in [2.45, 2.75) is 38.0 Å². The third kappa shape index (κ3) is 8.61. The van der Waals surface area contributed by atoms with E-state index in [-0.39, 0.29) is 0 Å². The molecule has 0 aliphatic heterocycles. The first-order valence-electron chi connectivity index (χ1n) is 8.89. The number of benzene rings is 2. The van der Waals surface area contributed by atoms with E-state index in [2.05, 4.69) is 24.3 Å². The topological polar surface area (TPSA) is 0 Å². The minimum absolute atomic E-state index is 0.711. The second kappa shape index (κ2) is 10.8. The Bertz CT molecular complexity index is 718. The molecule has 0 bridgehead atoms. The van der Waals surface area contributed by atoms with Crippen LogP contribution in [0.25, 0.3) is 0 Å². The molecule has 0 spiro atoms. The van der Waals surface area contributed by atoms with Crippen molar-refractivity contribution in [2.24, 2.45) is 0 Å². The fourth-order valence-corrected chi connectivity index (χ4v) is 4.60. The average molecular weight is 593 g/mol. The van der Waals surface area contributed by atoms with Gasteiger partial charge in [0.05, 0.1) is 0 Å². The number of alkyl halides is 6. The van der Waals surface area contributed by atoms with Crippen LogP contribution in [0.15, 0.2) is 72.8 Å². The zero-order valence-electron chi connectivity index (χ0n) is 15.3. The van der Waals surface area contributed by atoms with Crippen molar-refractivity contribution in [1.82, 2.24) is 0 Å². The molecule has 0 heterocycles. The van der Waals surface area contributed by atoms with Crippen LogP contribution in [0.5, 0.6) is 0 Å². The Balaban J connectivity index is 0.000000313. The summed E-state index contributed by atoms with van der Waals surface area (Å²) in [6, 6.07) is 9.42. The van der Waals surface area contributed by atoms with Crippen LogP contribution in [0, 0.1) is 0 Å². The van der Waals surface area contributed by atoms with Gasteiger partial charge in [-0.25, -0.2) is 0 Å². The van der Waals surface area contributed by atoms with Gasteiger partial charge in [-0.15, -0.1) is 0 Å². The Morgan fingerprint density at radius 3 is 1.00 bits per heavy atom. The van der Waals surface area contributed by atoms with Gasteiger partial charge >= 0.3 is 125 Å². The molecule has 0 radical (unpaired) electrons. The fourth-order valence-electron chi connectivity index (χ4n) is 2.32. The maximum absolute atomic E-state index is 12.4. The fraction of sp³-hybridized carbons (Fsp3) is 0.273. The monoisotopic (exact) mass is 593 g/mol. The average Bonchev–Trinajstić information content (AvgIpc) is 2.61. The molecule has 0 amide bonds. The third-order valence-corrected chi connectivity index (χ3v) is 6.64. The Hall–Kier alpha value is -1.81. The predicted molar refractivity (Wildman–Crippen MR) is 98.9 cm³/mol. The van der Waals surface area contributed by atoms with E-state index < -0.39 is 42.0 Å². The van der Waals surface area contributed by atoms with Crippen LogP contribution in [-0.2, 0) is 30.9 Å². The number of hydrogen-bond donors (Lipinski definition) is 0. The molecule has 1 aliphatic carbocycles. The summed E-state index contributed by atoms with van der Waals surface area (Å²) in [7, 11) is 0. The van der Waals surface area contributed by atoms with Crippen molar-refractivity contribution < 1.29 is 44.9 Å². The molecule has 0 saturated carbocycles. The molecule has 0 saturated heterocycles. The summed E-state index contributed by atoms with van der Waals surface area (Å²) in [5.74, 6) is 0. The van der Waals surface area contributed by atoms with E-state index in [4.69, 9.17) is 0 Å². The van der Waals surface area contributed by atoms with Crippen molar-refractivity contribution in [1.29, 1.82) is 0 Å². The van der Waals surface area contributed by atoms with Gasteiger partial charge in [0.2, 0.25) is 0 Å². The van der Waals surface area contributed by atoms with Gasteiger partial charge in [-0.2, -0.15) is 0 Å². The molecule has 29 heavy (non-hydrogen) atoms. The van der Waals surface area contributed by atoms with Crippen molar-refractivity contribution in [3.63, 3.8) is 0 Å². The Labute approximate surface area is 174 Å².